The maximum Gasteiger partial charge on any atom is 0.248 e. The summed E-state index contributed by atoms with van der Waals surface area (Å²) in [5.74, 6) is 0.456. The van der Waals surface area contributed by atoms with Crippen LogP contribution in [0, 0.1) is 6.92 Å². The van der Waals surface area contributed by atoms with Crippen LogP contribution < -0.4 is 10.1 Å². The van der Waals surface area contributed by atoms with Crippen molar-refractivity contribution >= 4 is 44.9 Å². The molecule has 0 unspecified atom stereocenters. The van der Waals surface area contributed by atoms with E-state index < -0.39 is 0 Å². The molecule has 0 saturated heterocycles. The first-order chi connectivity index (χ1) is 15.1. The van der Waals surface area contributed by atoms with Gasteiger partial charge < -0.3 is 10.1 Å². The molecule has 4 aromatic rings. The van der Waals surface area contributed by atoms with Gasteiger partial charge in [0.1, 0.15) is 25.0 Å². The van der Waals surface area contributed by atoms with Crippen molar-refractivity contribution in [2.45, 2.75) is 13.5 Å². The molecule has 2 heterocycles. The second kappa shape index (κ2) is 9.67. The van der Waals surface area contributed by atoms with Gasteiger partial charge in [-0.2, -0.15) is 5.10 Å². The van der Waals surface area contributed by atoms with E-state index in [-0.39, 0.29) is 5.91 Å². The number of anilines is 1. The number of carbonyl (C=O) groups is 1. The molecule has 156 valence electrons. The van der Waals surface area contributed by atoms with Gasteiger partial charge in [-0.1, -0.05) is 28.1 Å². The number of aryl methyl sites for hydroxylation is 1. The van der Waals surface area contributed by atoms with E-state index in [0.29, 0.717) is 18.0 Å². The highest BCUT2D eigenvalue weighted by atomic mass is 79.9. The van der Waals surface area contributed by atoms with Crippen LogP contribution in [-0.2, 0) is 11.4 Å². The third kappa shape index (κ3) is 5.65. The fourth-order valence-corrected chi connectivity index (χ4v) is 3.79. The number of carbonyl (C=O) groups excluding carboxylic acids is 1. The average Bonchev–Trinajstić information content (AvgIpc) is 3.43. The van der Waals surface area contributed by atoms with Crippen molar-refractivity contribution in [2.24, 2.45) is 0 Å². The van der Waals surface area contributed by atoms with Gasteiger partial charge in [0.05, 0.1) is 22.1 Å². The normalized spacial score (nSPS) is 11.0. The molecule has 0 fully saturated rings. The van der Waals surface area contributed by atoms with Gasteiger partial charge in [-0.25, -0.2) is 14.6 Å². The number of benzene rings is 2. The minimum atomic E-state index is -0.260. The molecule has 2 aromatic heterocycles. The topological polar surface area (TPSA) is 81.9 Å². The summed E-state index contributed by atoms with van der Waals surface area (Å²) in [5, 5.41) is 10.0. The molecule has 2 aromatic carbocycles. The highest BCUT2D eigenvalue weighted by Gasteiger charge is 2.08. The third-order valence-electron chi connectivity index (χ3n) is 4.22. The summed E-state index contributed by atoms with van der Waals surface area (Å²) in [4.78, 5) is 20.9. The van der Waals surface area contributed by atoms with Crippen molar-refractivity contribution < 1.29 is 9.53 Å². The zero-order chi connectivity index (χ0) is 21.6. The van der Waals surface area contributed by atoms with E-state index in [2.05, 4.69) is 36.3 Å². The fraction of sp³-hybridized carbons (Fsp3) is 0.0909. The largest absolute Gasteiger partial charge is 0.487 e. The summed E-state index contributed by atoms with van der Waals surface area (Å²) in [5.41, 5.74) is 3.09. The first kappa shape index (κ1) is 21.0. The molecule has 7 nitrogen and oxygen atoms in total. The van der Waals surface area contributed by atoms with Gasteiger partial charge in [-0.15, -0.1) is 11.3 Å². The molecule has 0 aliphatic carbocycles. The van der Waals surface area contributed by atoms with Crippen LogP contribution in [0.2, 0.25) is 0 Å². The molecule has 0 spiro atoms. The number of hydrogen-bond acceptors (Lipinski definition) is 6. The van der Waals surface area contributed by atoms with Crippen LogP contribution in [-0.4, -0.2) is 25.7 Å². The van der Waals surface area contributed by atoms with Crippen LogP contribution in [0.5, 0.6) is 5.75 Å². The van der Waals surface area contributed by atoms with E-state index >= 15 is 0 Å². The van der Waals surface area contributed by atoms with Crippen LogP contribution in [0.25, 0.3) is 11.8 Å². The standard InChI is InChI=1S/C22H18BrN5O2S/c1-15-26-18(12-31-15)11-30-19-4-2-3-16(9-19)5-8-22(29)27-20-10-17(23)6-7-21(20)28-14-24-13-25-28/h2-10,12-14H,11H2,1H3,(H,27,29). The van der Waals surface area contributed by atoms with Crippen molar-refractivity contribution in [3.8, 4) is 11.4 Å². The number of ether oxygens (including phenoxy) is 1. The predicted molar refractivity (Wildman–Crippen MR) is 124 cm³/mol. The van der Waals surface area contributed by atoms with E-state index in [4.69, 9.17) is 4.74 Å². The van der Waals surface area contributed by atoms with Gasteiger partial charge >= 0.3 is 0 Å². The molecule has 1 amide bonds. The van der Waals surface area contributed by atoms with Gasteiger partial charge in [0.15, 0.2) is 0 Å². The Morgan fingerprint density at radius 1 is 1.29 bits per heavy atom. The van der Waals surface area contributed by atoms with Crippen LogP contribution in [0.1, 0.15) is 16.3 Å². The van der Waals surface area contributed by atoms with Crippen molar-refractivity contribution in [3.63, 3.8) is 0 Å². The first-order valence-electron chi connectivity index (χ1n) is 9.34. The maximum absolute atomic E-state index is 12.5. The van der Waals surface area contributed by atoms with Crippen LogP contribution in [0.15, 0.2) is 71.0 Å². The van der Waals surface area contributed by atoms with Crippen LogP contribution in [0.3, 0.4) is 0 Å². The molecule has 0 saturated carbocycles. The average molecular weight is 496 g/mol. The second-order valence-corrected chi connectivity index (χ2v) is 8.52. The number of aromatic nitrogens is 4. The number of amides is 1. The van der Waals surface area contributed by atoms with Gasteiger partial charge in [0.2, 0.25) is 5.91 Å². The van der Waals surface area contributed by atoms with E-state index in [1.165, 1.54) is 12.4 Å². The Bertz CT molecular complexity index is 1220. The van der Waals surface area contributed by atoms with Crippen molar-refractivity contribution in [1.29, 1.82) is 0 Å². The third-order valence-corrected chi connectivity index (χ3v) is 5.54. The smallest absolute Gasteiger partial charge is 0.248 e. The highest BCUT2D eigenvalue weighted by molar-refractivity contribution is 9.10. The molecular weight excluding hydrogens is 478 g/mol. The summed E-state index contributed by atoms with van der Waals surface area (Å²) >= 11 is 5.03. The zero-order valence-electron chi connectivity index (χ0n) is 16.5. The summed E-state index contributed by atoms with van der Waals surface area (Å²) in [7, 11) is 0. The van der Waals surface area contributed by atoms with Crippen molar-refractivity contribution in [3.05, 3.63) is 87.3 Å². The number of nitrogens with one attached hydrogen (secondary N) is 1. The lowest BCUT2D eigenvalue weighted by molar-refractivity contribution is -0.111. The number of nitrogens with zero attached hydrogens (tertiary/aromatic N) is 4. The summed E-state index contributed by atoms with van der Waals surface area (Å²) in [6, 6.07) is 13.1. The molecular formula is C22H18BrN5O2S. The summed E-state index contributed by atoms with van der Waals surface area (Å²) in [6.45, 7) is 2.37. The Kier molecular flexibility index (Phi) is 6.54. The fourth-order valence-electron chi connectivity index (χ4n) is 2.83. The maximum atomic E-state index is 12.5. The Labute approximate surface area is 191 Å². The zero-order valence-corrected chi connectivity index (χ0v) is 18.9. The SMILES string of the molecule is Cc1nc(COc2cccc(C=CC(=O)Nc3cc(Br)ccc3-n3cncn3)c2)cs1. The molecule has 0 radical (unpaired) electrons. The van der Waals surface area contributed by atoms with Crippen molar-refractivity contribution in [2.75, 3.05) is 5.32 Å². The number of thiazole rings is 1. The van der Waals surface area contributed by atoms with Gasteiger partial charge in [-0.05, 0) is 48.9 Å². The van der Waals surface area contributed by atoms with E-state index in [0.717, 1.165) is 26.4 Å². The van der Waals surface area contributed by atoms with Gasteiger partial charge in [-0.3, -0.25) is 4.79 Å². The quantitative estimate of drug-likeness (QED) is 0.363. The van der Waals surface area contributed by atoms with E-state index in [1.807, 2.05) is 54.8 Å². The Hall–Kier alpha value is -3.30. The van der Waals surface area contributed by atoms with Crippen molar-refractivity contribution in [1.82, 2.24) is 19.7 Å². The molecule has 0 aliphatic heterocycles. The number of hydrogen-bond donors (Lipinski definition) is 1. The number of halogens is 1. The summed E-state index contributed by atoms with van der Waals surface area (Å²) < 4.78 is 8.24. The Morgan fingerprint density at radius 2 is 2.19 bits per heavy atom. The highest BCUT2D eigenvalue weighted by Crippen LogP contribution is 2.24. The minimum absolute atomic E-state index is 0.260. The lowest BCUT2D eigenvalue weighted by atomic mass is 10.2. The number of rotatable bonds is 7. The lowest BCUT2D eigenvalue weighted by Gasteiger charge is -2.10. The van der Waals surface area contributed by atoms with Gasteiger partial charge in [0.25, 0.3) is 0 Å². The summed E-state index contributed by atoms with van der Waals surface area (Å²) in [6.07, 6.45) is 6.24. The lowest BCUT2D eigenvalue weighted by Crippen LogP contribution is -2.11. The molecule has 9 heteroatoms. The Balaban J connectivity index is 1.42. The van der Waals surface area contributed by atoms with E-state index in [1.54, 1.807) is 28.4 Å². The molecule has 1 N–H and O–H groups in total. The molecule has 0 atom stereocenters. The molecule has 0 bridgehead atoms. The van der Waals surface area contributed by atoms with Crippen LogP contribution >= 0.6 is 27.3 Å². The monoisotopic (exact) mass is 495 g/mol. The first-order valence-corrected chi connectivity index (χ1v) is 11.0. The van der Waals surface area contributed by atoms with Crippen LogP contribution in [0.4, 0.5) is 5.69 Å². The van der Waals surface area contributed by atoms with E-state index in [9.17, 15) is 4.79 Å². The molecule has 4 rings (SSSR count). The Morgan fingerprint density at radius 3 is 2.97 bits per heavy atom. The molecule has 0 aliphatic rings. The van der Waals surface area contributed by atoms with Gasteiger partial charge in [0, 0.05) is 15.9 Å². The second-order valence-electron chi connectivity index (χ2n) is 6.54. The molecule has 31 heavy (non-hydrogen) atoms. The minimum Gasteiger partial charge on any atom is -0.487 e. The predicted octanol–water partition coefficient (Wildman–Crippen LogP) is 5.03.